The summed E-state index contributed by atoms with van der Waals surface area (Å²) in [5.74, 6) is -1.33. The van der Waals surface area contributed by atoms with Crippen molar-refractivity contribution in [2.45, 2.75) is 79.2 Å². The molecule has 0 saturated heterocycles. The van der Waals surface area contributed by atoms with Gasteiger partial charge in [-0.25, -0.2) is 9.59 Å². The highest BCUT2D eigenvalue weighted by molar-refractivity contribution is 5.85. The molecular formula is C25H38ClNO10. The van der Waals surface area contributed by atoms with Gasteiger partial charge in [-0.15, -0.1) is 12.4 Å². The second-order valence-corrected chi connectivity index (χ2v) is 8.91. The van der Waals surface area contributed by atoms with E-state index in [4.69, 9.17) is 28.4 Å². The Morgan fingerprint density at radius 2 is 1.32 bits per heavy atom. The van der Waals surface area contributed by atoms with E-state index >= 15 is 0 Å². The predicted octanol–water partition coefficient (Wildman–Crippen LogP) is 4.22. The third-order valence-corrected chi connectivity index (χ3v) is 4.42. The first-order chi connectivity index (χ1) is 16.8. The minimum atomic E-state index is -0.993. The van der Waals surface area contributed by atoms with E-state index in [2.05, 4.69) is 5.32 Å². The van der Waals surface area contributed by atoms with Gasteiger partial charge in [0.2, 0.25) is 0 Å². The van der Waals surface area contributed by atoms with Gasteiger partial charge in [-0.05, 0) is 58.7 Å². The third kappa shape index (κ3) is 13.2. The molecule has 0 spiro atoms. The topological polar surface area (TPSA) is 136 Å². The number of hydrogen-bond donors (Lipinski definition) is 1. The van der Waals surface area contributed by atoms with Crippen LogP contribution in [0.25, 0.3) is 0 Å². The molecule has 1 aromatic rings. The average molecular weight is 548 g/mol. The van der Waals surface area contributed by atoms with Crippen LogP contribution in [0.1, 0.15) is 54.0 Å². The van der Waals surface area contributed by atoms with E-state index < -0.39 is 42.6 Å². The normalized spacial score (nSPS) is 12.3. The SMILES string of the molecule is COC(=O)[C@H](Cc1ccc(OC(=O)OC(C)C)c(OC(=O)OC(C)C)c1)NCC(C)OC(=O)C(C)C.Cl. The fraction of sp³-hybridized carbons (Fsp3) is 0.600. The van der Waals surface area contributed by atoms with Gasteiger partial charge in [-0.1, -0.05) is 19.9 Å². The molecule has 0 fully saturated rings. The lowest BCUT2D eigenvalue weighted by Gasteiger charge is -2.21. The second-order valence-electron chi connectivity index (χ2n) is 8.91. The Hall–Kier alpha value is -3.05. The summed E-state index contributed by atoms with van der Waals surface area (Å²) in [5.41, 5.74) is 0.557. The van der Waals surface area contributed by atoms with Crippen molar-refractivity contribution in [3.8, 4) is 11.5 Å². The summed E-state index contributed by atoms with van der Waals surface area (Å²) >= 11 is 0. The molecule has 1 aromatic carbocycles. The summed E-state index contributed by atoms with van der Waals surface area (Å²) in [4.78, 5) is 48.2. The summed E-state index contributed by atoms with van der Waals surface area (Å²) in [7, 11) is 1.26. The molecule has 0 saturated carbocycles. The molecule has 0 aliphatic heterocycles. The molecular weight excluding hydrogens is 510 g/mol. The highest BCUT2D eigenvalue weighted by Gasteiger charge is 2.24. The number of esters is 2. The van der Waals surface area contributed by atoms with E-state index in [1.54, 1.807) is 54.5 Å². The fourth-order valence-electron chi connectivity index (χ4n) is 2.76. The number of benzene rings is 1. The number of halogens is 1. The maximum atomic E-state index is 12.4. The van der Waals surface area contributed by atoms with Crippen molar-refractivity contribution in [2.75, 3.05) is 13.7 Å². The number of methoxy groups -OCH3 is 1. The Labute approximate surface area is 223 Å². The monoisotopic (exact) mass is 547 g/mol. The summed E-state index contributed by atoms with van der Waals surface area (Å²) < 4.78 is 30.6. The summed E-state index contributed by atoms with van der Waals surface area (Å²) in [6.07, 6.45) is -3.17. The highest BCUT2D eigenvalue weighted by Crippen LogP contribution is 2.30. The predicted molar refractivity (Wildman–Crippen MR) is 136 cm³/mol. The molecule has 11 nitrogen and oxygen atoms in total. The largest absolute Gasteiger partial charge is 0.514 e. The van der Waals surface area contributed by atoms with Crippen molar-refractivity contribution in [1.29, 1.82) is 0 Å². The Morgan fingerprint density at radius 1 is 0.784 bits per heavy atom. The first-order valence-corrected chi connectivity index (χ1v) is 11.7. The zero-order valence-electron chi connectivity index (χ0n) is 22.5. The third-order valence-electron chi connectivity index (χ3n) is 4.42. The number of carbonyl (C=O) groups excluding carboxylic acids is 4. The molecule has 1 unspecified atom stereocenters. The molecule has 2 atom stereocenters. The van der Waals surface area contributed by atoms with Crippen LogP contribution in [-0.4, -0.2) is 62.3 Å². The lowest BCUT2D eigenvalue weighted by atomic mass is 10.0. The summed E-state index contributed by atoms with van der Waals surface area (Å²) in [5, 5.41) is 3.03. The zero-order valence-corrected chi connectivity index (χ0v) is 23.3. The number of nitrogens with one attached hydrogen (secondary N) is 1. The molecule has 0 heterocycles. The molecule has 0 aliphatic rings. The number of rotatable bonds is 12. The molecule has 0 aliphatic carbocycles. The van der Waals surface area contributed by atoms with Gasteiger partial charge in [0, 0.05) is 6.54 Å². The van der Waals surface area contributed by atoms with E-state index in [1.807, 2.05) is 0 Å². The van der Waals surface area contributed by atoms with Crippen LogP contribution >= 0.6 is 12.4 Å². The van der Waals surface area contributed by atoms with Crippen molar-refractivity contribution < 1.29 is 47.6 Å². The first-order valence-electron chi connectivity index (χ1n) is 11.7. The van der Waals surface area contributed by atoms with Crippen molar-refractivity contribution in [3.05, 3.63) is 23.8 Å². The van der Waals surface area contributed by atoms with Crippen molar-refractivity contribution >= 4 is 36.7 Å². The molecule has 210 valence electrons. The minimum Gasteiger partial charge on any atom is -0.468 e. The zero-order chi connectivity index (χ0) is 27.4. The molecule has 1 N–H and O–H groups in total. The van der Waals surface area contributed by atoms with Gasteiger partial charge in [0.05, 0.1) is 25.2 Å². The van der Waals surface area contributed by atoms with Crippen LogP contribution in [0.5, 0.6) is 11.5 Å². The van der Waals surface area contributed by atoms with Crippen LogP contribution in [0.2, 0.25) is 0 Å². The van der Waals surface area contributed by atoms with Gasteiger partial charge < -0.3 is 33.7 Å². The van der Waals surface area contributed by atoms with Gasteiger partial charge >= 0.3 is 24.2 Å². The van der Waals surface area contributed by atoms with Crippen molar-refractivity contribution in [1.82, 2.24) is 5.32 Å². The Bertz CT molecular complexity index is 903. The van der Waals surface area contributed by atoms with Crippen LogP contribution in [0.4, 0.5) is 9.59 Å². The number of ether oxygens (including phenoxy) is 6. The maximum absolute atomic E-state index is 12.4. The maximum Gasteiger partial charge on any atom is 0.514 e. The fourth-order valence-corrected chi connectivity index (χ4v) is 2.76. The van der Waals surface area contributed by atoms with Crippen molar-refractivity contribution in [2.24, 2.45) is 5.92 Å². The van der Waals surface area contributed by atoms with E-state index in [9.17, 15) is 19.2 Å². The lowest BCUT2D eigenvalue weighted by Crippen LogP contribution is -2.43. The summed E-state index contributed by atoms with van der Waals surface area (Å²) in [6.45, 7) is 12.0. The lowest BCUT2D eigenvalue weighted by molar-refractivity contribution is -0.152. The van der Waals surface area contributed by atoms with Gasteiger partial charge in [0.15, 0.2) is 11.5 Å². The van der Waals surface area contributed by atoms with Crippen LogP contribution in [0.15, 0.2) is 18.2 Å². The highest BCUT2D eigenvalue weighted by atomic mass is 35.5. The quantitative estimate of drug-likeness (QED) is 0.229. The Morgan fingerprint density at radius 3 is 1.81 bits per heavy atom. The van der Waals surface area contributed by atoms with Gasteiger partial charge in [0.25, 0.3) is 0 Å². The van der Waals surface area contributed by atoms with Crippen LogP contribution in [0.3, 0.4) is 0 Å². The molecule has 1 rings (SSSR count). The summed E-state index contributed by atoms with van der Waals surface area (Å²) in [6, 6.07) is 3.65. The van der Waals surface area contributed by atoms with Crippen LogP contribution in [-0.2, 0) is 35.0 Å². The molecule has 0 aromatic heterocycles. The van der Waals surface area contributed by atoms with Gasteiger partial charge in [-0.2, -0.15) is 0 Å². The molecule has 12 heteroatoms. The van der Waals surface area contributed by atoms with Crippen LogP contribution < -0.4 is 14.8 Å². The minimum absolute atomic E-state index is 0. The number of hydrogen-bond acceptors (Lipinski definition) is 11. The standard InChI is InChI=1S/C25H37NO10.ClH/c1-14(2)22(27)34-17(7)13-26-19(23(28)31-8)11-18-9-10-20(35-24(29)32-15(3)4)21(12-18)36-25(30)33-16(5)6;/h9-10,12,14-17,19,26H,11,13H2,1-8H3;1H/t17?,19-;/m0./s1. The Balaban J connectivity index is 0.0000130. The van der Waals surface area contributed by atoms with Gasteiger partial charge in [-0.3, -0.25) is 9.59 Å². The van der Waals surface area contributed by atoms with E-state index in [0.717, 1.165) is 0 Å². The first kappa shape index (κ1) is 34.0. The molecule has 0 radical (unpaired) electrons. The second kappa shape index (κ2) is 16.6. The molecule has 37 heavy (non-hydrogen) atoms. The van der Waals surface area contributed by atoms with E-state index in [-0.39, 0.29) is 48.8 Å². The smallest absolute Gasteiger partial charge is 0.468 e. The number of carbonyl (C=O) groups is 4. The van der Waals surface area contributed by atoms with Gasteiger partial charge in [0.1, 0.15) is 12.1 Å². The van der Waals surface area contributed by atoms with Crippen LogP contribution in [0, 0.1) is 5.92 Å². The molecule has 0 bridgehead atoms. The Kier molecular flexibility index (Phi) is 15.3. The molecule has 0 amide bonds. The van der Waals surface area contributed by atoms with E-state index in [0.29, 0.717) is 5.56 Å². The van der Waals surface area contributed by atoms with Crippen molar-refractivity contribution in [3.63, 3.8) is 0 Å². The average Bonchev–Trinajstić information content (AvgIpc) is 2.76. The van der Waals surface area contributed by atoms with E-state index in [1.165, 1.54) is 19.2 Å².